The van der Waals surface area contributed by atoms with Crippen molar-refractivity contribution in [3.05, 3.63) is 97.2 Å². The highest BCUT2D eigenvalue weighted by atomic mass is 31.2. The highest BCUT2D eigenvalue weighted by molar-refractivity contribution is 7.47. The van der Waals surface area contributed by atoms with Gasteiger partial charge in [0.2, 0.25) is 0 Å². The molecule has 3 unspecified atom stereocenters. The standard InChI is InChI=1S/C51H83O14P/c1-3-5-7-8-9-10-11-12-13-14-15-16-17-18-21-25-28-31-35-39-45(54)64-43(41-63-66(60,61)65-51-49(58)47(56)46(55)48(57)50(51)59)40-62-44(53)38-34-30-27-24-22-19-20-23-26-29-33-37-42(52)36-32-6-4-2/h9-10,12-13,15-16,18-21,24,26-27,29,33,37,42-43,46-52,55-59H,3-8,11,14,17,22-23,25,28,30-32,34-36,38-41H2,1-2H3,(H,60,61)/b10-9-,13-12-,16-15-,20-19-,21-18-,27-24-,29-26-,37-33+/t42-,43-,46?,47-,48+,49-,50-,51?/m1/s1. The van der Waals surface area contributed by atoms with E-state index in [0.29, 0.717) is 19.3 Å². The molecule has 9 atom stereocenters. The average Bonchev–Trinajstić information content (AvgIpc) is 3.29. The van der Waals surface area contributed by atoms with Gasteiger partial charge in [-0.25, -0.2) is 4.57 Å². The number of phosphoric ester groups is 1. The predicted molar refractivity (Wildman–Crippen MR) is 259 cm³/mol. The first-order valence-electron chi connectivity index (χ1n) is 24.1. The average molecular weight is 951 g/mol. The number of phosphoric acid groups is 1. The second-order valence-corrected chi connectivity index (χ2v) is 17.9. The van der Waals surface area contributed by atoms with E-state index in [1.807, 2.05) is 42.5 Å². The molecule has 0 aromatic rings. The zero-order chi connectivity index (χ0) is 48.7. The van der Waals surface area contributed by atoms with Gasteiger partial charge in [0.15, 0.2) is 6.10 Å². The maximum Gasteiger partial charge on any atom is 0.472 e. The van der Waals surface area contributed by atoms with Crippen LogP contribution in [0.5, 0.6) is 0 Å². The summed E-state index contributed by atoms with van der Waals surface area (Å²) in [7, 11) is -5.16. The van der Waals surface area contributed by atoms with E-state index in [1.54, 1.807) is 6.08 Å². The number of carbonyl (C=O) groups is 2. The molecule has 0 radical (unpaired) electrons. The molecule has 0 aliphatic heterocycles. The van der Waals surface area contributed by atoms with Gasteiger partial charge in [-0.2, -0.15) is 0 Å². The number of unbranched alkanes of at least 4 members (excludes halogenated alkanes) is 9. The second kappa shape index (κ2) is 39.7. The second-order valence-electron chi connectivity index (χ2n) is 16.5. The zero-order valence-corrected chi connectivity index (χ0v) is 40.4. The largest absolute Gasteiger partial charge is 0.472 e. The van der Waals surface area contributed by atoms with Gasteiger partial charge in [0.05, 0.1) is 12.7 Å². The molecule has 1 fully saturated rings. The van der Waals surface area contributed by atoms with Gasteiger partial charge < -0.3 is 45.0 Å². The summed E-state index contributed by atoms with van der Waals surface area (Å²) in [5.74, 6) is -1.24. The molecular weight excluding hydrogens is 868 g/mol. The Morgan fingerprint density at radius 1 is 0.545 bits per heavy atom. The fraction of sp³-hybridized carbons (Fsp3) is 0.647. The van der Waals surface area contributed by atoms with Crippen LogP contribution in [0.15, 0.2) is 97.2 Å². The first-order chi connectivity index (χ1) is 31.8. The molecule has 0 heterocycles. The molecule has 1 aliphatic rings. The predicted octanol–water partition coefficient (Wildman–Crippen LogP) is 8.80. The topological polar surface area (TPSA) is 230 Å². The summed E-state index contributed by atoms with van der Waals surface area (Å²) in [5.41, 5.74) is 0. The number of esters is 2. The van der Waals surface area contributed by atoms with Crippen molar-refractivity contribution in [3.63, 3.8) is 0 Å². The van der Waals surface area contributed by atoms with Crippen LogP contribution in [0.2, 0.25) is 0 Å². The maximum absolute atomic E-state index is 12.8. The first-order valence-corrected chi connectivity index (χ1v) is 25.6. The number of ether oxygens (including phenoxy) is 2. The van der Waals surface area contributed by atoms with Crippen molar-refractivity contribution in [2.24, 2.45) is 0 Å². The fourth-order valence-electron chi connectivity index (χ4n) is 6.55. The van der Waals surface area contributed by atoms with E-state index in [0.717, 1.165) is 83.5 Å². The number of aliphatic hydroxyl groups excluding tert-OH is 6. The van der Waals surface area contributed by atoms with E-state index in [9.17, 15) is 49.7 Å². The number of allylic oxidation sites excluding steroid dienone is 15. The molecular formula is C51H83O14P. The van der Waals surface area contributed by atoms with Crippen LogP contribution in [0.1, 0.15) is 149 Å². The van der Waals surface area contributed by atoms with Crippen LogP contribution in [-0.4, -0.2) is 110 Å². The van der Waals surface area contributed by atoms with Gasteiger partial charge in [-0.05, 0) is 83.5 Å². The lowest BCUT2D eigenvalue weighted by molar-refractivity contribution is -0.220. The molecule has 0 bridgehead atoms. The van der Waals surface area contributed by atoms with Crippen molar-refractivity contribution < 1.29 is 68.2 Å². The van der Waals surface area contributed by atoms with Crippen LogP contribution in [0.3, 0.4) is 0 Å². The fourth-order valence-corrected chi connectivity index (χ4v) is 7.52. The van der Waals surface area contributed by atoms with Gasteiger partial charge in [0.1, 0.15) is 43.2 Å². The lowest BCUT2D eigenvalue weighted by Gasteiger charge is -2.41. The van der Waals surface area contributed by atoms with E-state index in [1.165, 1.54) is 19.3 Å². The third-order valence-corrected chi connectivity index (χ3v) is 11.5. The molecule has 1 rings (SSSR count). The van der Waals surface area contributed by atoms with Gasteiger partial charge in [-0.15, -0.1) is 0 Å². The summed E-state index contributed by atoms with van der Waals surface area (Å²) >= 11 is 0. The van der Waals surface area contributed by atoms with Crippen LogP contribution in [-0.2, 0) is 32.7 Å². The van der Waals surface area contributed by atoms with Gasteiger partial charge >= 0.3 is 19.8 Å². The summed E-state index contributed by atoms with van der Waals surface area (Å²) in [4.78, 5) is 35.7. The van der Waals surface area contributed by atoms with Gasteiger partial charge in [-0.3, -0.25) is 18.6 Å². The monoisotopic (exact) mass is 951 g/mol. The maximum atomic E-state index is 12.8. The molecule has 0 spiro atoms. The summed E-state index contributed by atoms with van der Waals surface area (Å²) in [6.45, 7) is 3.06. The Hall–Kier alpha value is -3.27. The highest BCUT2D eigenvalue weighted by Crippen LogP contribution is 2.47. The van der Waals surface area contributed by atoms with Crippen molar-refractivity contribution in [2.45, 2.75) is 198 Å². The van der Waals surface area contributed by atoms with Crippen LogP contribution in [0.25, 0.3) is 0 Å². The summed E-state index contributed by atoms with van der Waals surface area (Å²) in [5, 5.41) is 60.1. The van der Waals surface area contributed by atoms with Crippen LogP contribution in [0.4, 0.5) is 0 Å². The van der Waals surface area contributed by atoms with Crippen molar-refractivity contribution in [1.82, 2.24) is 0 Å². The molecule has 1 saturated carbocycles. The quantitative estimate of drug-likeness (QED) is 0.0101. The molecule has 0 aromatic carbocycles. The minimum Gasteiger partial charge on any atom is -0.462 e. The molecule has 376 valence electrons. The van der Waals surface area contributed by atoms with Gasteiger partial charge in [0, 0.05) is 12.8 Å². The van der Waals surface area contributed by atoms with E-state index < -0.39 is 81.8 Å². The van der Waals surface area contributed by atoms with Gasteiger partial charge in [-0.1, -0.05) is 150 Å². The lowest BCUT2D eigenvalue weighted by Crippen LogP contribution is -2.64. The number of aliphatic hydroxyl groups is 6. The molecule has 15 heteroatoms. The summed E-state index contributed by atoms with van der Waals surface area (Å²) < 4.78 is 33.4. The smallest absolute Gasteiger partial charge is 0.462 e. The Labute approximate surface area is 394 Å². The Kier molecular flexibility index (Phi) is 36.5. The van der Waals surface area contributed by atoms with Crippen LogP contribution < -0.4 is 0 Å². The normalized spacial score (nSPS) is 22.6. The van der Waals surface area contributed by atoms with E-state index in [2.05, 4.69) is 62.5 Å². The van der Waals surface area contributed by atoms with Crippen molar-refractivity contribution in [2.75, 3.05) is 13.2 Å². The highest BCUT2D eigenvalue weighted by Gasteiger charge is 2.51. The zero-order valence-electron chi connectivity index (χ0n) is 39.6. The first kappa shape index (κ1) is 60.7. The lowest BCUT2D eigenvalue weighted by atomic mass is 9.85. The summed E-state index contributed by atoms with van der Waals surface area (Å²) in [6, 6.07) is 0. The minimum atomic E-state index is -5.16. The Morgan fingerprint density at radius 3 is 1.58 bits per heavy atom. The van der Waals surface area contributed by atoms with E-state index in [-0.39, 0.29) is 12.8 Å². The minimum absolute atomic E-state index is 0.0325. The molecule has 0 aromatic heterocycles. The molecule has 7 N–H and O–H groups in total. The molecule has 0 saturated heterocycles. The Bertz CT molecular complexity index is 1540. The van der Waals surface area contributed by atoms with Crippen molar-refractivity contribution >= 4 is 19.8 Å². The van der Waals surface area contributed by atoms with Gasteiger partial charge in [0.25, 0.3) is 0 Å². The molecule has 14 nitrogen and oxygen atoms in total. The van der Waals surface area contributed by atoms with E-state index in [4.69, 9.17) is 18.5 Å². The summed E-state index contributed by atoms with van der Waals surface area (Å²) in [6.07, 6.45) is 36.4. The van der Waals surface area contributed by atoms with Crippen molar-refractivity contribution in [3.8, 4) is 0 Å². The molecule has 66 heavy (non-hydrogen) atoms. The number of hydrogen-bond donors (Lipinski definition) is 7. The van der Waals surface area contributed by atoms with Crippen LogP contribution >= 0.6 is 7.82 Å². The van der Waals surface area contributed by atoms with Crippen LogP contribution in [0, 0.1) is 0 Å². The number of carbonyl (C=O) groups excluding carboxylic acids is 2. The SMILES string of the molecule is CCCCC/C=C\C/C=C\C/C=C\C/C=C\CCCCCC(=O)O[C@H](COC(=O)CCC/C=C\C/C=C\C/C=C\C=C\[C@H](O)CCCCC)COP(=O)(O)OC1[C@H](O)[C@H](O)C(O)[C@H](O)[C@H]1O. The third-order valence-electron chi connectivity index (χ3n) is 10.5. The Balaban J connectivity index is 2.54. The third kappa shape index (κ3) is 31.7. The van der Waals surface area contributed by atoms with E-state index >= 15 is 0 Å². The molecule has 1 aliphatic carbocycles. The molecule has 0 amide bonds. The number of hydrogen-bond acceptors (Lipinski definition) is 13. The Morgan fingerprint density at radius 2 is 1.02 bits per heavy atom. The number of rotatable bonds is 38. The van der Waals surface area contributed by atoms with Crippen molar-refractivity contribution in [1.29, 1.82) is 0 Å².